The Hall–Kier alpha value is -2.89. The summed E-state index contributed by atoms with van der Waals surface area (Å²) in [5.74, 6) is -0.712. The second-order valence-electron chi connectivity index (χ2n) is 7.74. The van der Waals surface area contributed by atoms with Crippen LogP contribution in [0.15, 0.2) is 30.5 Å². The van der Waals surface area contributed by atoms with Crippen LogP contribution in [-0.2, 0) is 6.42 Å². The van der Waals surface area contributed by atoms with Gasteiger partial charge in [0.1, 0.15) is 5.82 Å². The van der Waals surface area contributed by atoms with Gasteiger partial charge in [0, 0.05) is 44.4 Å². The Morgan fingerprint density at radius 1 is 1.34 bits per heavy atom. The molecule has 11 heteroatoms. The molecule has 4 rings (SSSR count). The summed E-state index contributed by atoms with van der Waals surface area (Å²) in [5.41, 5.74) is 0.981. The van der Waals surface area contributed by atoms with Crippen LogP contribution < -0.4 is 10.2 Å². The molecule has 0 radical (unpaired) electrons. The first-order valence-electron chi connectivity index (χ1n) is 10.2. The van der Waals surface area contributed by atoms with Gasteiger partial charge in [-0.2, -0.15) is 0 Å². The summed E-state index contributed by atoms with van der Waals surface area (Å²) >= 11 is 1.27. The molecular formula is C21H23F2N5O3S. The second kappa shape index (κ2) is 9.31. The van der Waals surface area contributed by atoms with Crippen molar-refractivity contribution in [2.24, 2.45) is 0 Å². The van der Waals surface area contributed by atoms with Gasteiger partial charge in [-0.15, -0.1) is 0 Å². The highest BCUT2D eigenvalue weighted by Gasteiger charge is 2.29. The zero-order valence-electron chi connectivity index (χ0n) is 17.3. The highest BCUT2D eigenvalue weighted by atomic mass is 32.1. The van der Waals surface area contributed by atoms with E-state index in [1.165, 1.54) is 35.7 Å². The fourth-order valence-electron chi connectivity index (χ4n) is 3.71. The van der Waals surface area contributed by atoms with Crippen molar-refractivity contribution in [3.8, 4) is 0 Å². The summed E-state index contributed by atoms with van der Waals surface area (Å²) in [6.07, 6.45) is 0.638. The Labute approximate surface area is 187 Å². The number of fused-ring (bicyclic) bond motifs is 1. The molecule has 3 heterocycles. The van der Waals surface area contributed by atoms with Crippen LogP contribution >= 0.6 is 11.3 Å². The molecule has 0 bridgehead atoms. The van der Waals surface area contributed by atoms with Gasteiger partial charge in [-0.1, -0.05) is 11.3 Å². The number of aliphatic hydroxyl groups excluding tert-OH is 2. The van der Waals surface area contributed by atoms with Crippen molar-refractivity contribution in [2.75, 3.05) is 36.5 Å². The van der Waals surface area contributed by atoms with Crippen LogP contribution in [0.1, 0.15) is 12.5 Å². The molecule has 170 valence electrons. The average molecular weight is 464 g/mol. The molecule has 1 saturated heterocycles. The fraction of sp³-hybridized carbons (Fsp3) is 0.381. The van der Waals surface area contributed by atoms with E-state index in [0.29, 0.717) is 35.8 Å². The van der Waals surface area contributed by atoms with E-state index in [2.05, 4.69) is 15.3 Å². The molecule has 1 aromatic carbocycles. The number of piperazine rings is 1. The standard InChI is InChI=1S/C21H23F2N5O3S/c1-12-10-27(21(31)26-20-25-17-8-14(22)2-3-18(17)32-20)4-5-28(12)19-16(23)7-13(9-24-19)6-15(30)11-29/h2-3,7-9,12,15,29-30H,4-6,10-11H2,1H3,(H,25,26,31). The van der Waals surface area contributed by atoms with E-state index >= 15 is 0 Å². The van der Waals surface area contributed by atoms with Gasteiger partial charge in [-0.05, 0) is 30.7 Å². The van der Waals surface area contributed by atoms with Crippen LogP contribution in [0.2, 0.25) is 0 Å². The van der Waals surface area contributed by atoms with Gasteiger partial charge >= 0.3 is 6.03 Å². The minimum Gasteiger partial charge on any atom is -0.394 e. The lowest BCUT2D eigenvalue weighted by molar-refractivity contribution is 0.0954. The number of anilines is 2. The van der Waals surface area contributed by atoms with Crippen molar-refractivity contribution in [2.45, 2.75) is 25.5 Å². The number of halogens is 2. The molecule has 3 aromatic rings. The molecule has 0 aliphatic carbocycles. The number of nitrogens with one attached hydrogen (secondary N) is 1. The Kier molecular flexibility index (Phi) is 6.49. The van der Waals surface area contributed by atoms with Crippen LogP contribution in [-0.4, -0.2) is 69.5 Å². The number of aliphatic hydroxyl groups is 2. The summed E-state index contributed by atoms with van der Waals surface area (Å²) in [6.45, 7) is 2.59. The molecule has 32 heavy (non-hydrogen) atoms. The second-order valence-corrected chi connectivity index (χ2v) is 8.77. The van der Waals surface area contributed by atoms with Crippen molar-refractivity contribution in [3.63, 3.8) is 0 Å². The summed E-state index contributed by atoms with van der Waals surface area (Å²) < 4.78 is 28.8. The van der Waals surface area contributed by atoms with Gasteiger partial charge in [-0.25, -0.2) is 23.5 Å². The Morgan fingerprint density at radius 2 is 2.16 bits per heavy atom. The molecule has 2 unspecified atom stereocenters. The molecule has 0 spiro atoms. The number of hydrogen-bond donors (Lipinski definition) is 3. The van der Waals surface area contributed by atoms with Gasteiger partial charge in [0.15, 0.2) is 16.8 Å². The number of benzene rings is 1. The highest BCUT2D eigenvalue weighted by Crippen LogP contribution is 2.27. The molecule has 1 aliphatic rings. The third kappa shape index (κ3) is 4.79. The number of thiazole rings is 1. The number of carbonyl (C=O) groups is 1. The SMILES string of the molecule is CC1CN(C(=O)Nc2nc3cc(F)ccc3s2)CCN1c1ncc(CC(O)CO)cc1F. The molecule has 2 amide bonds. The summed E-state index contributed by atoms with van der Waals surface area (Å²) in [5, 5.41) is 21.6. The number of aromatic nitrogens is 2. The molecular weight excluding hydrogens is 440 g/mol. The van der Waals surface area contributed by atoms with Crippen LogP contribution in [0.3, 0.4) is 0 Å². The predicted molar refractivity (Wildman–Crippen MR) is 118 cm³/mol. The molecule has 2 atom stereocenters. The molecule has 2 aromatic heterocycles. The first-order valence-corrected chi connectivity index (χ1v) is 11.0. The molecule has 1 aliphatic heterocycles. The third-order valence-electron chi connectivity index (χ3n) is 5.31. The first-order chi connectivity index (χ1) is 15.3. The molecule has 3 N–H and O–H groups in total. The van der Waals surface area contributed by atoms with E-state index in [-0.39, 0.29) is 30.1 Å². The van der Waals surface area contributed by atoms with Gasteiger partial charge in [0.25, 0.3) is 0 Å². The zero-order chi connectivity index (χ0) is 22.8. The van der Waals surface area contributed by atoms with E-state index in [1.807, 2.05) is 6.92 Å². The third-order valence-corrected chi connectivity index (χ3v) is 6.26. The van der Waals surface area contributed by atoms with Crippen LogP contribution in [0.5, 0.6) is 0 Å². The van der Waals surface area contributed by atoms with Gasteiger partial charge in [-0.3, -0.25) is 5.32 Å². The molecule has 8 nitrogen and oxygen atoms in total. The Bertz CT molecular complexity index is 1130. The van der Waals surface area contributed by atoms with Crippen molar-refractivity contribution in [1.29, 1.82) is 0 Å². The number of nitrogens with zero attached hydrogens (tertiary/aromatic N) is 4. The molecule has 0 saturated carbocycles. The van der Waals surface area contributed by atoms with E-state index in [0.717, 1.165) is 4.70 Å². The number of pyridine rings is 1. The fourth-order valence-corrected chi connectivity index (χ4v) is 4.55. The smallest absolute Gasteiger partial charge is 0.323 e. The van der Waals surface area contributed by atoms with Gasteiger partial charge < -0.3 is 20.0 Å². The lowest BCUT2D eigenvalue weighted by Gasteiger charge is -2.40. The normalized spacial score (nSPS) is 17.6. The Morgan fingerprint density at radius 3 is 2.88 bits per heavy atom. The van der Waals surface area contributed by atoms with E-state index < -0.39 is 18.5 Å². The maximum absolute atomic E-state index is 14.7. The van der Waals surface area contributed by atoms with E-state index in [4.69, 9.17) is 5.11 Å². The minimum atomic E-state index is -0.961. The monoisotopic (exact) mass is 463 g/mol. The predicted octanol–water partition coefficient (Wildman–Crippen LogP) is 2.61. The first kappa shape index (κ1) is 22.3. The van der Waals surface area contributed by atoms with E-state index in [9.17, 15) is 18.7 Å². The van der Waals surface area contributed by atoms with Crippen LogP contribution in [0, 0.1) is 11.6 Å². The number of hydrogen-bond acceptors (Lipinski definition) is 7. The average Bonchev–Trinajstić information content (AvgIpc) is 3.15. The summed E-state index contributed by atoms with van der Waals surface area (Å²) in [4.78, 5) is 24.6. The Balaban J connectivity index is 1.39. The summed E-state index contributed by atoms with van der Waals surface area (Å²) in [6, 6.07) is 5.09. The van der Waals surface area contributed by atoms with Gasteiger partial charge in [0.05, 0.1) is 22.9 Å². The van der Waals surface area contributed by atoms with E-state index in [1.54, 1.807) is 15.9 Å². The maximum Gasteiger partial charge on any atom is 0.323 e. The number of rotatable bonds is 5. The number of urea groups is 1. The number of carbonyl (C=O) groups excluding carboxylic acids is 1. The minimum absolute atomic E-state index is 0.114. The summed E-state index contributed by atoms with van der Waals surface area (Å²) in [7, 11) is 0. The zero-order valence-corrected chi connectivity index (χ0v) is 18.1. The van der Waals surface area contributed by atoms with Crippen LogP contribution in [0.4, 0.5) is 24.5 Å². The maximum atomic E-state index is 14.7. The molecule has 1 fully saturated rings. The van der Waals surface area contributed by atoms with Crippen molar-refractivity contribution in [3.05, 3.63) is 47.7 Å². The number of amides is 2. The van der Waals surface area contributed by atoms with Crippen molar-refractivity contribution >= 4 is 38.5 Å². The van der Waals surface area contributed by atoms with Crippen molar-refractivity contribution < 1.29 is 23.8 Å². The lowest BCUT2D eigenvalue weighted by atomic mass is 10.1. The topological polar surface area (TPSA) is 102 Å². The lowest BCUT2D eigenvalue weighted by Crippen LogP contribution is -2.55. The highest BCUT2D eigenvalue weighted by molar-refractivity contribution is 7.22. The van der Waals surface area contributed by atoms with Crippen molar-refractivity contribution in [1.82, 2.24) is 14.9 Å². The largest absolute Gasteiger partial charge is 0.394 e. The van der Waals surface area contributed by atoms with Crippen LogP contribution in [0.25, 0.3) is 10.2 Å². The van der Waals surface area contributed by atoms with Gasteiger partial charge in [0.2, 0.25) is 0 Å². The quantitative estimate of drug-likeness (QED) is 0.538.